The van der Waals surface area contributed by atoms with Crippen molar-refractivity contribution in [3.05, 3.63) is 69.5 Å². The molecule has 0 aliphatic carbocycles. The van der Waals surface area contributed by atoms with Gasteiger partial charge in [-0.2, -0.15) is 0 Å². The Hall–Kier alpha value is -2.97. The Labute approximate surface area is 154 Å². The van der Waals surface area contributed by atoms with Gasteiger partial charge in [0, 0.05) is 0 Å². The van der Waals surface area contributed by atoms with Gasteiger partial charge in [0.2, 0.25) is 5.75 Å². The Morgan fingerprint density at radius 2 is 1.96 bits per heavy atom. The van der Waals surface area contributed by atoms with Crippen LogP contribution in [0, 0.1) is 0 Å². The van der Waals surface area contributed by atoms with Crippen LogP contribution in [0.15, 0.2) is 52.6 Å². The Morgan fingerprint density at radius 1 is 1.23 bits per heavy atom. The van der Waals surface area contributed by atoms with Gasteiger partial charge >= 0.3 is 0 Å². The quantitative estimate of drug-likeness (QED) is 0.548. The molecule has 0 bridgehead atoms. The summed E-state index contributed by atoms with van der Waals surface area (Å²) in [6.07, 6.45) is 0. The number of carbonyl (C=O) groups excluding carboxylic acids is 1. The normalized spacial score (nSPS) is 11.4. The molecule has 0 radical (unpaired) electrons. The molecule has 0 aliphatic rings. The third-order valence-corrected chi connectivity index (χ3v) is 4.43. The highest BCUT2D eigenvalue weighted by molar-refractivity contribution is 7.13. The van der Waals surface area contributed by atoms with E-state index in [1.807, 2.05) is 6.07 Å². The molecule has 136 valence electrons. The number of benzene rings is 1. The minimum Gasteiger partial charge on any atom is -0.501 e. The number of aliphatic hydroxyl groups excluding tert-OH is 1. The zero-order valence-electron chi connectivity index (χ0n) is 13.0. The van der Waals surface area contributed by atoms with Crippen molar-refractivity contribution in [2.45, 2.75) is 13.5 Å². The van der Waals surface area contributed by atoms with Crippen LogP contribution in [0.2, 0.25) is 0 Å². The van der Waals surface area contributed by atoms with Gasteiger partial charge in [-0.25, -0.2) is 4.98 Å². The van der Waals surface area contributed by atoms with E-state index >= 15 is 0 Å². The van der Waals surface area contributed by atoms with Gasteiger partial charge in [0.1, 0.15) is 0 Å². The molecule has 0 saturated heterocycles. The van der Waals surface area contributed by atoms with Crippen LogP contribution in [0.5, 0.6) is 5.75 Å². The van der Waals surface area contributed by atoms with Gasteiger partial charge in [0.25, 0.3) is 11.5 Å². The van der Waals surface area contributed by atoms with E-state index in [9.17, 15) is 19.8 Å². The lowest BCUT2D eigenvalue weighted by Gasteiger charge is -2.16. The average molecular weight is 373 g/mol. The number of hydrogen-bond acceptors (Lipinski definition) is 6. The number of aromatic nitrogens is 2. The van der Waals surface area contributed by atoms with Gasteiger partial charge in [-0.05, 0) is 17.0 Å². The van der Waals surface area contributed by atoms with Crippen LogP contribution in [0.3, 0.4) is 0 Å². The van der Waals surface area contributed by atoms with E-state index in [4.69, 9.17) is 0 Å². The summed E-state index contributed by atoms with van der Waals surface area (Å²) in [5.74, 6) is -1.31. The molecule has 4 N–H and O–H groups in total. The molecule has 2 heterocycles. The van der Waals surface area contributed by atoms with E-state index in [-0.39, 0.29) is 25.6 Å². The van der Waals surface area contributed by atoms with E-state index in [0.29, 0.717) is 10.4 Å². The topological polar surface area (TPSA) is 115 Å². The highest BCUT2D eigenvalue weighted by atomic mass is 32.1. The lowest BCUT2D eigenvalue weighted by atomic mass is 10.1. The Morgan fingerprint density at radius 3 is 2.58 bits per heavy atom. The van der Waals surface area contributed by atoms with Gasteiger partial charge in [-0.15, -0.1) is 11.3 Å². The maximum atomic E-state index is 12.5. The second-order valence-electron chi connectivity index (χ2n) is 5.21. The molecule has 0 spiro atoms. The fourth-order valence-corrected chi connectivity index (χ4v) is 2.97. The largest absolute Gasteiger partial charge is 0.501 e. The minimum absolute atomic E-state index is 0. The smallest absolute Gasteiger partial charge is 0.294 e. The first-order valence-electron chi connectivity index (χ1n) is 7.44. The second kappa shape index (κ2) is 8.41. The van der Waals surface area contributed by atoms with E-state index in [1.54, 1.807) is 41.8 Å². The highest BCUT2D eigenvalue weighted by Gasteiger charge is 2.22. The summed E-state index contributed by atoms with van der Waals surface area (Å²) in [7, 11) is 0. The van der Waals surface area contributed by atoms with Crippen molar-refractivity contribution < 1.29 is 15.0 Å². The number of carbonyl (C=O) groups is 1. The van der Waals surface area contributed by atoms with Crippen LogP contribution >= 0.6 is 11.3 Å². The lowest BCUT2D eigenvalue weighted by Crippen LogP contribution is -2.32. The van der Waals surface area contributed by atoms with Crippen LogP contribution in [-0.4, -0.2) is 32.7 Å². The first kappa shape index (κ1) is 19.4. The fraction of sp³-hybridized carbons (Fsp3) is 0.167. The molecular formula is C18H19N3O4S. The van der Waals surface area contributed by atoms with Crippen molar-refractivity contribution in [2.24, 2.45) is 0 Å². The number of aromatic amines is 1. The number of aliphatic hydroxyl groups is 1. The molecule has 0 fully saturated rings. The SMILES string of the molecule is C.O=C(N[C@H](CO)c1ccccc1)c1nc(-c2cccs2)[nH]c(=O)c1O. The second-order valence-corrected chi connectivity index (χ2v) is 6.16. The monoisotopic (exact) mass is 373 g/mol. The van der Waals surface area contributed by atoms with Crippen LogP contribution < -0.4 is 10.9 Å². The predicted molar refractivity (Wildman–Crippen MR) is 100 cm³/mol. The minimum atomic E-state index is -0.802. The van der Waals surface area contributed by atoms with Gasteiger partial charge in [0.15, 0.2) is 11.5 Å². The van der Waals surface area contributed by atoms with E-state index in [0.717, 1.165) is 0 Å². The van der Waals surface area contributed by atoms with Gasteiger partial charge < -0.3 is 20.5 Å². The standard InChI is InChI=1S/C17H15N3O4S.CH4/c21-9-11(10-5-2-1-3-6-10)18-16(23)13-14(22)17(24)20-15(19-13)12-7-4-8-25-12;/h1-8,11,21-22H,9H2,(H,18,23)(H,19,20,24);1H4/t11-;/m1./s1. The lowest BCUT2D eigenvalue weighted by molar-refractivity contribution is 0.0907. The number of amides is 1. The zero-order valence-corrected chi connectivity index (χ0v) is 13.8. The highest BCUT2D eigenvalue weighted by Crippen LogP contribution is 2.22. The Balaban J connectivity index is 0.00000243. The summed E-state index contributed by atoms with van der Waals surface area (Å²) >= 11 is 1.34. The van der Waals surface area contributed by atoms with Crippen LogP contribution in [-0.2, 0) is 0 Å². The van der Waals surface area contributed by atoms with Gasteiger partial charge in [-0.1, -0.05) is 43.8 Å². The van der Waals surface area contributed by atoms with Crippen molar-refractivity contribution in [3.63, 3.8) is 0 Å². The average Bonchev–Trinajstić information content (AvgIpc) is 3.17. The number of thiophene rings is 1. The molecule has 7 nitrogen and oxygen atoms in total. The summed E-state index contributed by atoms with van der Waals surface area (Å²) < 4.78 is 0. The van der Waals surface area contributed by atoms with Crippen LogP contribution in [0.25, 0.3) is 10.7 Å². The summed E-state index contributed by atoms with van der Waals surface area (Å²) in [4.78, 5) is 31.6. The number of rotatable bonds is 5. The molecule has 0 aliphatic heterocycles. The van der Waals surface area contributed by atoms with Crippen LogP contribution in [0.4, 0.5) is 0 Å². The number of aromatic hydroxyl groups is 1. The van der Waals surface area contributed by atoms with Crippen molar-refractivity contribution in [3.8, 4) is 16.5 Å². The molecule has 3 aromatic rings. The van der Waals surface area contributed by atoms with Crippen molar-refractivity contribution >= 4 is 17.2 Å². The third kappa shape index (κ3) is 3.98. The first-order chi connectivity index (χ1) is 12.1. The van der Waals surface area contributed by atoms with E-state index in [2.05, 4.69) is 15.3 Å². The Kier molecular flexibility index (Phi) is 6.26. The number of hydrogen-bond donors (Lipinski definition) is 4. The molecule has 1 atom stereocenters. The molecule has 1 amide bonds. The molecular weight excluding hydrogens is 354 g/mol. The molecule has 2 aromatic heterocycles. The molecule has 0 saturated carbocycles. The van der Waals surface area contributed by atoms with Gasteiger partial charge in [0.05, 0.1) is 17.5 Å². The van der Waals surface area contributed by atoms with Crippen molar-refractivity contribution in [1.82, 2.24) is 15.3 Å². The van der Waals surface area contributed by atoms with Crippen LogP contribution in [0.1, 0.15) is 29.5 Å². The Bertz CT molecular complexity index is 923. The summed E-state index contributed by atoms with van der Waals surface area (Å²) in [5, 5.41) is 23.8. The number of H-pyrrole nitrogens is 1. The molecule has 8 heteroatoms. The molecule has 26 heavy (non-hydrogen) atoms. The zero-order chi connectivity index (χ0) is 17.8. The van der Waals surface area contributed by atoms with Gasteiger partial charge in [-0.3, -0.25) is 9.59 Å². The van der Waals surface area contributed by atoms with Crippen molar-refractivity contribution in [2.75, 3.05) is 6.61 Å². The molecule has 0 unspecified atom stereocenters. The number of nitrogens with one attached hydrogen (secondary N) is 2. The summed E-state index contributed by atoms with van der Waals surface area (Å²) in [5.41, 5.74) is -0.494. The maximum absolute atomic E-state index is 12.5. The van der Waals surface area contributed by atoms with Crippen molar-refractivity contribution in [1.29, 1.82) is 0 Å². The summed E-state index contributed by atoms with van der Waals surface area (Å²) in [6.45, 7) is -0.336. The summed E-state index contributed by atoms with van der Waals surface area (Å²) in [6, 6.07) is 11.7. The maximum Gasteiger partial charge on any atom is 0.294 e. The molecule has 1 aromatic carbocycles. The fourth-order valence-electron chi connectivity index (χ4n) is 2.30. The van der Waals surface area contributed by atoms with E-state index in [1.165, 1.54) is 11.3 Å². The van der Waals surface area contributed by atoms with E-state index < -0.39 is 23.3 Å². The molecule has 3 rings (SSSR count). The predicted octanol–water partition coefficient (Wildman–Crippen LogP) is 2.30. The number of nitrogens with zero attached hydrogens (tertiary/aromatic N) is 1. The third-order valence-electron chi connectivity index (χ3n) is 3.55. The first-order valence-corrected chi connectivity index (χ1v) is 8.32.